The Bertz CT molecular complexity index is 1250. The first-order chi connectivity index (χ1) is 14.5. The van der Waals surface area contributed by atoms with E-state index in [-0.39, 0.29) is 10.9 Å². The maximum absolute atomic E-state index is 13.6. The van der Waals surface area contributed by atoms with Crippen LogP contribution in [0.4, 0.5) is 4.39 Å². The molecule has 0 aliphatic rings. The number of rotatable bonds is 5. The van der Waals surface area contributed by atoms with Gasteiger partial charge >= 0.3 is 5.97 Å². The highest BCUT2D eigenvalue weighted by Crippen LogP contribution is 2.31. The molecule has 1 heterocycles. The van der Waals surface area contributed by atoms with Crippen LogP contribution in [0.3, 0.4) is 0 Å². The number of fused-ring (bicyclic) bond motifs is 1. The fraction of sp³-hybridized carbons (Fsp3) is 0.120. The largest absolute Gasteiger partial charge is 0.494 e. The van der Waals surface area contributed by atoms with Gasteiger partial charge in [0.05, 0.1) is 23.4 Å². The minimum absolute atomic E-state index is 0.0303. The predicted molar refractivity (Wildman–Crippen MR) is 115 cm³/mol. The molecule has 0 aliphatic carbocycles. The fourth-order valence-electron chi connectivity index (χ4n) is 3.57. The van der Waals surface area contributed by atoms with Crippen molar-refractivity contribution in [3.63, 3.8) is 0 Å². The van der Waals surface area contributed by atoms with Crippen molar-refractivity contribution in [2.75, 3.05) is 6.61 Å². The van der Waals surface area contributed by atoms with Crippen LogP contribution in [-0.4, -0.2) is 22.7 Å². The third-order valence-electron chi connectivity index (χ3n) is 5.00. The van der Waals surface area contributed by atoms with Crippen molar-refractivity contribution in [2.24, 2.45) is 0 Å². The summed E-state index contributed by atoms with van der Waals surface area (Å²) in [6, 6.07) is 19.3. The van der Waals surface area contributed by atoms with Gasteiger partial charge in [-0.1, -0.05) is 24.3 Å². The fourth-order valence-corrected chi connectivity index (χ4v) is 3.57. The average molecular weight is 401 g/mol. The number of carboxylic acid groups (broad SMARTS) is 1. The summed E-state index contributed by atoms with van der Waals surface area (Å²) in [7, 11) is 0. The Morgan fingerprint density at radius 3 is 2.40 bits per heavy atom. The van der Waals surface area contributed by atoms with Crippen LogP contribution in [0.5, 0.6) is 5.75 Å². The number of benzene rings is 3. The number of hydrogen-bond acceptors (Lipinski definition) is 3. The zero-order valence-corrected chi connectivity index (χ0v) is 16.6. The number of aromatic carboxylic acids is 1. The molecule has 0 aliphatic heterocycles. The number of aryl methyl sites for hydroxylation is 1. The summed E-state index contributed by atoms with van der Waals surface area (Å²) in [6.45, 7) is 4.57. The van der Waals surface area contributed by atoms with Crippen LogP contribution in [0.15, 0.2) is 66.7 Å². The summed E-state index contributed by atoms with van der Waals surface area (Å²) in [5, 5.41) is 9.88. The lowest BCUT2D eigenvalue weighted by molar-refractivity contribution is 0.0699. The van der Waals surface area contributed by atoms with E-state index in [9.17, 15) is 14.3 Å². The van der Waals surface area contributed by atoms with E-state index >= 15 is 0 Å². The quantitative estimate of drug-likeness (QED) is 0.438. The standard InChI is InChI=1S/C25H20FNO3/c1-3-30-19-8-4-16(5-9-19)20-10-6-17(12-15(20)2)24-14-22(25(28)29)21-13-18(26)7-11-23(21)27-24/h4-14H,3H2,1-2H3,(H,28,29). The van der Waals surface area contributed by atoms with Gasteiger partial charge in [0.2, 0.25) is 0 Å². The molecule has 0 radical (unpaired) electrons. The number of pyridine rings is 1. The topological polar surface area (TPSA) is 59.4 Å². The molecular weight excluding hydrogens is 381 g/mol. The highest BCUT2D eigenvalue weighted by atomic mass is 19.1. The van der Waals surface area contributed by atoms with Gasteiger partial charge < -0.3 is 9.84 Å². The monoisotopic (exact) mass is 401 g/mol. The smallest absolute Gasteiger partial charge is 0.336 e. The van der Waals surface area contributed by atoms with E-state index < -0.39 is 11.8 Å². The van der Waals surface area contributed by atoms with Crippen molar-refractivity contribution in [1.29, 1.82) is 0 Å². The van der Waals surface area contributed by atoms with Gasteiger partial charge in [0.25, 0.3) is 0 Å². The van der Waals surface area contributed by atoms with Gasteiger partial charge in [-0.15, -0.1) is 0 Å². The summed E-state index contributed by atoms with van der Waals surface area (Å²) in [4.78, 5) is 16.3. The Morgan fingerprint density at radius 1 is 1.00 bits per heavy atom. The zero-order valence-electron chi connectivity index (χ0n) is 16.6. The Kier molecular flexibility index (Phi) is 5.19. The minimum Gasteiger partial charge on any atom is -0.494 e. The van der Waals surface area contributed by atoms with Crippen molar-refractivity contribution < 1.29 is 19.0 Å². The van der Waals surface area contributed by atoms with Crippen LogP contribution in [0.25, 0.3) is 33.3 Å². The molecule has 150 valence electrons. The third-order valence-corrected chi connectivity index (χ3v) is 5.00. The highest BCUT2D eigenvalue weighted by Gasteiger charge is 2.14. The molecule has 30 heavy (non-hydrogen) atoms. The molecule has 1 aromatic heterocycles. The second-order valence-corrected chi connectivity index (χ2v) is 7.01. The molecule has 3 aromatic carbocycles. The normalized spacial score (nSPS) is 10.9. The molecule has 0 saturated carbocycles. The summed E-state index contributed by atoms with van der Waals surface area (Å²) in [5.74, 6) is -0.777. The molecule has 0 bridgehead atoms. The van der Waals surface area contributed by atoms with E-state index in [1.54, 1.807) is 0 Å². The molecule has 4 aromatic rings. The summed E-state index contributed by atoms with van der Waals surface area (Å²) >= 11 is 0. The van der Waals surface area contributed by atoms with Crippen molar-refractivity contribution in [1.82, 2.24) is 4.98 Å². The van der Waals surface area contributed by atoms with E-state index in [1.807, 2.05) is 56.3 Å². The highest BCUT2D eigenvalue weighted by molar-refractivity contribution is 6.03. The van der Waals surface area contributed by atoms with E-state index in [4.69, 9.17) is 4.74 Å². The molecule has 0 unspecified atom stereocenters. The lowest BCUT2D eigenvalue weighted by Gasteiger charge is -2.11. The van der Waals surface area contributed by atoms with Crippen molar-refractivity contribution in [3.05, 3.63) is 83.7 Å². The third kappa shape index (κ3) is 3.74. The van der Waals surface area contributed by atoms with Gasteiger partial charge in [-0.25, -0.2) is 14.2 Å². The summed E-state index contributed by atoms with van der Waals surface area (Å²) in [6.07, 6.45) is 0. The van der Waals surface area contributed by atoms with Crippen molar-refractivity contribution in [3.8, 4) is 28.1 Å². The maximum atomic E-state index is 13.6. The predicted octanol–water partition coefficient (Wildman–Crippen LogP) is 6.11. The Hall–Kier alpha value is -3.73. The van der Waals surface area contributed by atoms with Crippen LogP contribution >= 0.6 is 0 Å². The van der Waals surface area contributed by atoms with Crippen LogP contribution in [-0.2, 0) is 0 Å². The van der Waals surface area contributed by atoms with Gasteiger partial charge in [0, 0.05) is 10.9 Å². The van der Waals surface area contributed by atoms with E-state index in [0.717, 1.165) is 28.0 Å². The van der Waals surface area contributed by atoms with E-state index in [1.165, 1.54) is 24.3 Å². The van der Waals surface area contributed by atoms with Gasteiger partial charge in [0.1, 0.15) is 11.6 Å². The molecule has 1 N–H and O–H groups in total. The number of halogens is 1. The molecule has 0 amide bonds. The number of carbonyl (C=O) groups is 1. The number of hydrogen-bond donors (Lipinski definition) is 1. The second-order valence-electron chi connectivity index (χ2n) is 7.01. The number of nitrogens with zero attached hydrogens (tertiary/aromatic N) is 1. The maximum Gasteiger partial charge on any atom is 0.336 e. The Morgan fingerprint density at radius 2 is 1.73 bits per heavy atom. The molecular formula is C25H20FNO3. The van der Waals surface area contributed by atoms with Crippen LogP contribution in [0.1, 0.15) is 22.8 Å². The van der Waals surface area contributed by atoms with Crippen molar-refractivity contribution in [2.45, 2.75) is 13.8 Å². The summed E-state index contributed by atoms with van der Waals surface area (Å²) < 4.78 is 19.1. The van der Waals surface area contributed by atoms with Crippen molar-refractivity contribution >= 4 is 16.9 Å². The second kappa shape index (κ2) is 7.95. The van der Waals surface area contributed by atoms with Crippen LogP contribution < -0.4 is 4.74 Å². The molecule has 0 fully saturated rings. The Labute approximate surface area is 173 Å². The SMILES string of the molecule is CCOc1ccc(-c2ccc(-c3cc(C(=O)O)c4cc(F)ccc4n3)cc2C)cc1. The van der Waals surface area contributed by atoms with E-state index in [0.29, 0.717) is 17.8 Å². The molecule has 0 saturated heterocycles. The Balaban J connectivity index is 1.76. The number of aromatic nitrogens is 1. The van der Waals surface area contributed by atoms with Gasteiger partial charge in [-0.2, -0.15) is 0 Å². The van der Waals surface area contributed by atoms with Crippen LogP contribution in [0, 0.1) is 12.7 Å². The van der Waals surface area contributed by atoms with Gasteiger partial charge in [-0.3, -0.25) is 0 Å². The molecule has 4 rings (SSSR count). The first-order valence-electron chi connectivity index (χ1n) is 9.64. The molecule has 0 spiro atoms. The first-order valence-corrected chi connectivity index (χ1v) is 9.64. The van der Waals surface area contributed by atoms with E-state index in [2.05, 4.69) is 4.98 Å². The summed E-state index contributed by atoms with van der Waals surface area (Å²) in [5.41, 5.74) is 4.99. The lowest BCUT2D eigenvalue weighted by atomic mass is 9.96. The average Bonchev–Trinajstić information content (AvgIpc) is 2.73. The molecule has 4 nitrogen and oxygen atoms in total. The van der Waals surface area contributed by atoms with Crippen LogP contribution in [0.2, 0.25) is 0 Å². The first kappa shape index (κ1) is 19.6. The number of ether oxygens (including phenoxy) is 1. The number of carboxylic acids is 1. The molecule has 5 heteroatoms. The lowest BCUT2D eigenvalue weighted by Crippen LogP contribution is -2.01. The minimum atomic E-state index is -1.11. The van der Waals surface area contributed by atoms with Gasteiger partial charge in [-0.05, 0) is 73.0 Å². The van der Waals surface area contributed by atoms with Gasteiger partial charge in [0.15, 0.2) is 0 Å². The molecule has 0 atom stereocenters. The zero-order chi connectivity index (χ0) is 21.3.